The Hall–Kier alpha value is -1.77. The average molecular weight is 731 g/mol. The van der Waals surface area contributed by atoms with E-state index >= 15 is 0 Å². The summed E-state index contributed by atoms with van der Waals surface area (Å²) in [5, 5.41) is 19.6. The van der Waals surface area contributed by atoms with Crippen LogP contribution < -0.4 is 0 Å². The van der Waals surface area contributed by atoms with Crippen molar-refractivity contribution in [3.05, 3.63) is 0 Å². The van der Waals surface area contributed by atoms with E-state index in [1.54, 1.807) is 6.92 Å². The van der Waals surface area contributed by atoms with Crippen molar-refractivity contribution in [2.45, 2.75) is 168 Å². The number of aliphatic hydroxyl groups is 2. The lowest BCUT2D eigenvalue weighted by Gasteiger charge is -2.47. The topological polar surface area (TPSA) is 93.1 Å². The summed E-state index contributed by atoms with van der Waals surface area (Å²) in [5.41, 5.74) is -10.9. The van der Waals surface area contributed by atoms with Crippen LogP contribution in [-0.2, 0) is 19.1 Å². The van der Waals surface area contributed by atoms with Gasteiger partial charge in [-0.15, -0.1) is 0 Å². The lowest BCUT2D eigenvalue weighted by molar-refractivity contribution is -0.391. The van der Waals surface area contributed by atoms with E-state index in [-0.39, 0.29) is 30.3 Å². The van der Waals surface area contributed by atoms with Crippen molar-refractivity contribution in [3.63, 3.8) is 0 Å². The maximum atomic E-state index is 13.3. The van der Waals surface area contributed by atoms with Crippen LogP contribution in [0, 0.1) is 34.5 Å². The molecule has 0 aromatic rings. The molecule has 2 rings (SSSR count). The highest BCUT2D eigenvalue weighted by molar-refractivity contribution is 5.76. The number of ether oxygens (including phenoxy) is 2. The maximum absolute atomic E-state index is 13.3. The van der Waals surface area contributed by atoms with E-state index in [4.69, 9.17) is 9.47 Å². The van der Waals surface area contributed by atoms with Gasteiger partial charge in [-0.25, -0.2) is 0 Å². The monoisotopic (exact) mass is 730 g/mol. The van der Waals surface area contributed by atoms with Crippen LogP contribution in [0.3, 0.4) is 0 Å². The minimum atomic E-state index is -6.28. The molecule has 0 aromatic carbocycles. The number of carbonyl (C=O) groups excluding carboxylic acids is 2. The van der Waals surface area contributed by atoms with Crippen molar-refractivity contribution in [1.29, 1.82) is 0 Å². The van der Waals surface area contributed by atoms with Crippen LogP contribution in [0.25, 0.3) is 0 Å². The molecule has 2 fully saturated rings. The molecule has 2 saturated carbocycles. The Kier molecular flexibility index (Phi) is 14.3. The molecular weight excluding hydrogens is 675 g/mol. The molecule has 2 N–H and O–H groups in total. The first kappa shape index (κ1) is 45.3. The van der Waals surface area contributed by atoms with Crippen LogP contribution >= 0.6 is 0 Å². The summed E-state index contributed by atoms with van der Waals surface area (Å²) < 4.78 is 131. The second kappa shape index (κ2) is 15.5. The van der Waals surface area contributed by atoms with E-state index in [0.717, 1.165) is 12.3 Å². The Labute approximate surface area is 283 Å². The molecule has 0 bridgehead atoms. The van der Waals surface area contributed by atoms with Gasteiger partial charge in [-0.2, -0.15) is 39.5 Å². The van der Waals surface area contributed by atoms with Crippen LogP contribution in [0.4, 0.5) is 39.5 Å². The predicted molar refractivity (Wildman–Crippen MR) is 164 cm³/mol. The zero-order valence-corrected chi connectivity index (χ0v) is 30.2. The fourth-order valence-corrected chi connectivity index (χ4v) is 6.03. The van der Waals surface area contributed by atoms with Crippen molar-refractivity contribution < 1.29 is 68.8 Å². The molecule has 15 heteroatoms. The highest BCUT2D eigenvalue weighted by atomic mass is 19.4. The largest absolute Gasteiger partial charge is 0.462 e. The standard InChI is InChI=1S/C18H25F9O4.C16H30O2/c1-5-13(2,3)12(28)31-11-7-9(14(4,29)16(19,20)21)6-10(8-11)15(30,17(22,23)24)18(25,26)27;1-7-15(3,4)14(17)18-16(5,6)13-10-8-12(2)9-11-13/h9-11,29-30H,5-8H2,1-4H3;12-13H,7-11H2,1-6H3. The number of esters is 2. The zero-order chi connectivity index (χ0) is 38.8. The third-order valence-corrected chi connectivity index (χ3v) is 11.0. The van der Waals surface area contributed by atoms with Gasteiger partial charge < -0.3 is 19.7 Å². The van der Waals surface area contributed by atoms with E-state index in [0.29, 0.717) is 5.92 Å². The summed E-state index contributed by atoms with van der Waals surface area (Å²) in [7, 11) is 0. The van der Waals surface area contributed by atoms with Crippen LogP contribution in [0.2, 0.25) is 0 Å². The summed E-state index contributed by atoms with van der Waals surface area (Å²) in [6, 6.07) is 0. The molecule has 4 atom stereocenters. The molecule has 290 valence electrons. The summed E-state index contributed by atoms with van der Waals surface area (Å²) >= 11 is 0. The van der Waals surface area contributed by atoms with E-state index in [1.165, 1.54) is 39.5 Å². The van der Waals surface area contributed by atoms with Crippen LogP contribution in [0.15, 0.2) is 0 Å². The lowest BCUT2D eigenvalue weighted by atomic mass is 9.66. The molecular formula is C34H55F9O6. The molecule has 4 unspecified atom stereocenters. The van der Waals surface area contributed by atoms with Crippen LogP contribution in [0.1, 0.15) is 127 Å². The second-order valence-electron chi connectivity index (χ2n) is 16.0. The zero-order valence-electron chi connectivity index (χ0n) is 30.2. The Balaban J connectivity index is 0.000000564. The van der Waals surface area contributed by atoms with Gasteiger partial charge in [0.1, 0.15) is 11.7 Å². The first-order valence-corrected chi connectivity index (χ1v) is 16.8. The Morgan fingerprint density at radius 3 is 1.41 bits per heavy atom. The summed E-state index contributed by atoms with van der Waals surface area (Å²) in [6.45, 7) is 17.0. The van der Waals surface area contributed by atoms with Gasteiger partial charge >= 0.3 is 30.5 Å². The van der Waals surface area contributed by atoms with Gasteiger partial charge in [-0.1, -0.05) is 33.6 Å². The highest BCUT2D eigenvalue weighted by Crippen LogP contribution is 2.55. The molecule has 0 spiro atoms. The van der Waals surface area contributed by atoms with Gasteiger partial charge in [0, 0.05) is 11.8 Å². The molecule has 0 amide bonds. The van der Waals surface area contributed by atoms with E-state index in [9.17, 15) is 59.3 Å². The van der Waals surface area contributed by atoms with Crippen molar-refractivity contribution in [2.75, 3.05) is 0 Å². The third-order valence-electron chi connectivity index (χ3n) is 11.0. The minimum absolute atomic E-state index is 0.0476. The van der Waals surface area contributed by atoms with Crippen molar-refractivity contribution in [3.8, 4) is 0 Å². The van der Waals surface area contributed by atoms with E-state index in [1.807, 2.05) is 20.8 Å². The van der Waals surface area contributed by atoms with E-state index < -0.39 is 78.3 Å². The lowest BCUT2D eigenvalue weighted by Crippen LogP contribution is -2.64. The van der Waals surface area contributed by atoms with Gasteiger partial charge in [0.15, 0.2) is 5.60 Å². The summed E-state index contributed by atoms with van der Waals surface area (Å²) in [4.78, 5) is 24.4. The number of halogens is 9. The highest BCUT2D eigenvalue weighted by Gasteiger charge is 2.75. The van der Waals surface area contributed by atoms with Gasteiger partial charge in [0.2, 0.25) is 0 Å². The molecule has 0 aromatic heterocycles. The molecule has 0 aliphatic heterocycles. The summed E-state index contributed by atoms with van der Waals surface area (Å²) in [6.07, 6.45) is -17.3. The Morgan fingerprint density at radius 1 is 0.612 bits per heavy atom. The molecule has 2 aliphatic carbocycles. The smallest absolute Gasteiger partial charge is 0.426 e. The Bertz CT molecular complexity index is 1090. The molecule has 0 heterocycles. The minimum Gasteiger partial charge on any atom is -0.462 e. The van der Waals surface area contributed by atoms with Crippen molar-refractivity contribution in [1.82, 2.24) is 0 Å². The SMILES string of the molecule is CCC(C)(C)C(=O)OC(C)(C)C1CCC(C)CC1.CCC(C)(C)C(=O)OC1CC(C(C)(O)C(F)(F)F)CC(C(O)(C(F)(F)F)C(F)(F)F)C1. The number of alkyl halides is 9. The first-order chi connectivity index (χ1) is 21.7. The molecule has 0 saturated heterocycles. The molecule has 49 heavy (non-hydrogen) atoms. The number of carbonyl (C=O) groups is 2. The van der Waals surface area contributed by atoms with Gasteiger partial charge in [-0.3, -0.25) is 9.59 Å². The Morgan fingerprint density at radius 2 is 1.02 bits per heavy atom. The fraction of sp³-hybridized carbons (Fsp3) is 0.941. The number of rotatable bonds is 9. The quantitative estimate of drug-likeness (QED) is 0.181. The van der Waals surface area contributed by atoms with Crippen LogP contribution in [-0.4, -0.2) is 63.6 Å². The van der Waals surface area contributed by atoms with Crippen LogP contribution in [0.5, 0.6) is 0 Å². The van der Waals surface area contributed by atoms with Gasteiger partial charge in [0.05, 0.1) is 10.8 Å². The second-order valence-corrected chi connectivity index (χ2v) is 16.0. The van der Waals surface area contributed by atoms with Gasteiger partial charge in [0.25, 0.3) is 5.60 Å². The summed E-state index contributed by atoms with van der Waals surface area (Å²) in [5.74, 6) is -4.78. The number of hydrogen-bond acceptors (Lipinski definition) is 6. The van der Waals surface area contributed by atoms with Crippen molar-refractivity contribution in [2.24, 2.45) is 34.5 Å². The first-order valence-electron chi connectivity index (χ1n) is 16.8. The maximum Gasteiger partial charge on any atom is 0.426 e. The van der Waals surface area contributed by atoms with Gasteiger partial charge in [-0.05, 0) is 105 Å². The average Bonchev–Trinajstić information content (AvgIpc) is 2.95. The fourth-order valence-electron chi connectivity index (χ4n) is 6.03. The van der Waals surface area contributed by atoms with E-state index in [2.05, 4.69) is 20.8 Å². The van der Waals surface area contributed by atoms with Crippen molar-refractivity contribution >= 4 is 11.9 Å². The number of hydrogen-bond donors (Lipinski definition) is 2. The normalized spacial score (nSPS) is 26.2. The molecule has 0 radical (unpaired) electrons. The molecule has 6 nitrogen and oxygen atoms in total. The third kappa shape index (κ3) is 10.6. The molecule has 2 aliphatic rings. The predicted octanol–water partition coefficient (Wildman–Crippen LogP) is 9.49.